The van der Waals surface area contributed by atoms with Gasteiger partial charge in [0.1, 0.15) is 6.10 Å². The third-order valence-corrected chi connectivity index (χ3v) is 3.63. The van der Waals surface area contributed by atoms with E-state index in [9.17, 15) is 4.79 Å². The van der Waals surface area contributed by atoms with Crippen LogP contribution < -0.4 is 0 Å². The molecular weight excluding hydrogens is 238 g/mol. The monoisotopic (exact) mass is 261 g/mol. The van der Waals surface area contributed by atoms with Gasteiger partial charge in [-0.05, 0) is 32.4 Å². The van der Waals surface area contributed by atoms with Crippen molar-refractivity contribution >= 4 is 5.78 Å². The van der Waals surface area contributed by atoms with E-state index in [1.807, 2.05) is 26.0 Å². The van der Waals surface area contributed by atoms with Gasteiger partial charge in [0.05, 0.1) is 6.61 Å². The van der Waals surface area contributed by atoms with Crippen molar-refractivity contribution in [3.05, 3.63) is 34.9 Å². The molecule has 1 aromatic rings. The number of aryl methyl sites for hydroxylation is 2. The second-order valence-electron chi connectivity index (χ2n) is 5.34. The summed E-state index contributed by atoms with van der Waals surface area (Å²) in [6, 6.07) is 5.97. The van der Waals surface area contributed by atoms with Gasteiger partial charge in [-0.25, -0.2) is 0 Å². The first kappa shape index (κ1) is 14.2. The molecule has 0 saturated carbocycles. The number of carbonyl (C=O) groups is 1. The van der Waals surface area contributed by atoms with Crippen LogP contribution in [-0.4, -0.2) is 43.0 Å². The predicted octanol–water partition coefficient (Wildman–Crippen LogP) is 2.60. The molecule has 1 unspecified atom stereocenters. The molecule has 1 aliphatic rings. The second-order valence-corrected chi connectivity index (χ2v) is 5.34. The van der Waals surface area contributed by atoms with E-state index >= 15 is 0 Å². The molecule has 1 aliphatic heterocycles. The standard InChI is InChI=1S/C16H23NO2/c1-4-7-17-8-9-19-15(11-17)16(18)14-6-5-12(2)10-13(14)3/h5-6,10,15H,4,7-9,11H2,1-3H3. The Bertz CT molecular complexity index is 454. The van der Waals surface area contributed by atoms with Crippen LogP contribution in [0.5, 0.6) is 0 Å². The molecule has 0 N–H and O–H groups in total. The van der Waals surface area contributed by atoms with E-state index in [0.29, 0.717) is 6.61 Å². The smallest absolute Gasteiger partial charge is 0.193 e. The Labute approximate surface area is 115 Å². The lowest BCUT2D eigenvalue weighted by molar-refractivity contribution is -0.0164. The first-order chi connectivity index (χ1) is 9.11. The van der Waals surface area contributed by atoms with E-state index in [1.54, 1.807) is 0 Å². The van der Waals surface area contributed by atoms with Crippen LogP contribution in [0.15, 0.2) is 18.2 Å². The molecule has 0 radical (unpaired) electrons. The van der Waals surface area contributed by atoms with Gasteiger partial charge in [0.15, 0.2) is 5.78 Å². The minimum Gasteiger partial charge on any atom is -0.367 e. The Morgan fingerprint density at radius 2 is 2.21 bits per heavy atom. The molecule has 1 saturated heterocycles. The number of benzene rings is 1. The zero-order valence-electron chi connectivity index (χ0n) is 12.1. The third-order valence-electron chi connectivity index (χ3n) is 3.63. The van der Waals surface area contributed by atoms with Gasteiger partial charge < -0.3 is 4.74 Å². The molecule has 1 heterocycles. The van der Waals surface area contributed by atoms with Crippen molar-refractivity contribution in [3.8, 4) is 0 Å². The van der Waals surface area contributed by atoms with E-state index in [2.05, 4.69) is 17.9 Å². The average molecular weight is 261 g/mol. The lowest BCUT2D eigenvalue weighted by Gasteiger charge is -2.32. The topological polar surface area (TPSA) is 29.5 Å². The predicted molar refractivity (Wildman–Crippen MR) is 76.7 cm³/mol. The summed E-state index contributed by atoms with van der Waals surface area (Å²) in [5.74, 6) is 0.123. The number of carbonyl (C=O) groups excluding carboxylic acids is 1. The molecule has 3 nitrogen and oxygen atoms in total. The van der Waals surface area contributed by atoms with E-state index in [0.717, 1.165) is 37.2 Å². The van der Waals surface area contributed by atoms with Crippen molar-refractivity contribution < 1.29 is 9.53 Å². The molecule has 1 atom stereocenters. The summed E-state index contributed by atoms with van der Waals surface area (Å²) in [7, 11) is 0. The first-order valence-corrected chi connectivity index (χ1v) is 7.07. The maximum Gasteiger partial charge on any atom is 0.193 e. The van der Waals surface area contributed by atoms with Gasteiger partial charge in [0.2, 0.25) is 0 Å². The van der Waals surface area contributed by atoms with Crippen molar-refractivity contribution in [2.75, 3.05) is 26.2 Å². The quantitative estimate of drug-likeness (QED) is 0.780. The van der Waals surface area contributed by atoms with Gasteiger partial charge in [0.25, 0.3) is 0 Å². The Morgan fingerprint density at radius 1 is 1.42 bits per heavy atom. The van der Waals surface area contributed by atoms with Crippen LogP contribution in [0.2, 0.25) is 0 Å². The number of hydrogen-bond donors (Lipinski definition) is 0. The first-order valence-electron chi connectivity index (χ1n) is 7.07. The molecule has 1 fully saturated rings. The SMILES string of the molecule is CCCN1CCOC(C(=O)c2ccc(C)cc2C)C1. The molecule has 19 heavy (non-hydrogen) atoms. The summed E-state index contributed by atoms with van der Waals surface area (Å²) < 4.78 is 5.66. The van der Waals surface area contributed by atoms with Crippen molar-refractivity contribution in [1.82, 2.24) is 4.90 Å². The van der Waals surface area contributed by atoms with Crippen molar-refractivity contribution in [2.45, 2.75) is 33.3 Å². The van der Waals surface area contributed by atoms with Crippen molar-refractivity contribution in [3.63, 3.8) is 0 Å². The highest BCUT2D eigenvalue weighted by molar-refractivity contribution is 6.01. The normalized spacial score (nSPS) is 20.5. The highest BCUT2D eigenvalue weighted by atomic mass is 16.5. The molecule has 3 heteroatoms. The van der Waals surface area contributed by atoms with Gasteiger partial charge in [-0.2, -0.15) is 0 Å². The highest BCUT2D eigenvalue weighted by Gasteiger charge is 2.27. The zero-order chi connectivity index (χ0) is 13.8. The molecule has 2 rings (SSSR count). The second kappa shape index (κ2) is 6.31. The van der Waals surface area contributed by atoms with Crippen LogP contribution in [-0.2, 0) is 4.74 Å². The van der Waals surface area contributed by atoms with Crippen LogP contribution in [0.4, 0.5) is 0 Å². The number of ether oxygens (including phenoxy) is 1. The number of nitrogens with zero attached hydrogens (tertiary/aromatic N) is 1. The van der Waals surface area contributed by atoms with Gasteiger partial charge in [-0.1, -0.05) is 30.7 Å². The molecule has 104 valence electrons. The van der Waals surface area contributed by atoms with Gasteiger partial charge in [-0.15, -0.1) is 0 Å². The maximum absolute atomic E-state index is 12.5. The Hall–Kier alpha value is -1.19. The van der Waals surface area contributed by atoms with Crippen LogP contribution in [0.3, 0.4) is 0 Å². The number of rotatable bonds is 4. The molecule has 0 aliphatic carbocycles. The minimum absolute atomic E-state index is 0.123. The molecule has 0 bridgehead atoms. The van der Waals surface area contributed by atoms with E-state index in [-0.39, 0.29) is 11.9 Å². The van der Waals surface area contributed by atoms with Gasteiger partial charge >= 0.3 is 0 Å². The highest BCUT2D eigenvalue weighted by Crippen LogP contribution is 2.16. The Morgan fingerprint density at radius 3 is 2.89 bits per heavy atom. The molecular formula is C16H23NO2. The van der Waals surface area contributed by atoms with E-state index < -0.39 is 0 Å². The fourth-order valence-electron chi connectivity index (χ4n) is 2.64. The summed E-state index contributed by atoms with van der Waals surface area (Å²) in [5, 5.41) is 0. The average Bonchev–Trinajstić information content (AvgIpc) is 2.39. The van der Waals surface area contributed by atoms with Crippen LogP contribution in [0.25, 0.3) is 0 Å². The van der Waals surface area contributed by atoms with Gasteiger partial charge in [-0.3, -0.25) is 9.69 Å². The summed E-state index contributed by atoms with van der Waals surface area (Å²) in [4.78, 5) is 14.8. The number of hydrogen-bond acceptors (Lipinski definition) is 3. The van der Waals surface area contributed by atoms with Crippen LogP contribution in [0.1, 0.15) is 34.8 Å². The number of Topliss-reactive ketones (excluding diaryl/α,β-unsaturated/α-hetero) is 1. The molecule has 1 aromatic carbocycles. The summed E-state index contributed by atoms with van der Waals surface area (Å²) in [6.07, 6.45) is 0.812. The zero-order valence-corrected chi connectivity index (χ0v) is 12.1. The summed E-state index contributed by atoms with van der Waals surface area (Å²) in [5.41, 5.74) is 3.03. The largest absolute Gasteiger partial charge is 0.367 e. The fourth-order valence-corrected chi connectivity index (χ4v) is 2.64. The molecule has 0 amide bonds. The summed E-state index contributed by atoms with van der Waals surface area (Å²) >= 11 is 0. The minimum atomic E-state index is -0.304. The molecule has 0 aromatic heterocycles. The Kier molecular flexibility index (Phi) is 4.72. The van der Waals surface area contributed by atoms with Crippen LogP contribution in [0, 0.1) is 13.8 Å². The Balaban J connectivity index is 2.10. The lowest BCUT2D eigenvalue weighted by Crippen LogP contribution is -2.46. The third kappa shape index (κ3) is 3.43. The van der Waals surface area contributed by atoms with Gasteiger partial charge in [0, 0.05) is 18.7 Å². The fraction of sp³-hybridized carbons (Fsp3) is 0.562. The van der Waals surface area contributed by atoms with Crippen molar-refractivity contribution in [2.24, 2.45) is 0 Å². The number of ketones is 1. The molecule has 0 spiro atoms. The number of morpholine rings is 1. The van der Waals surface area contributed by atoms with Crippen molar-refractivity contribution in [1.29, 1.82) is 0 Å². The van der Waals surface area contributed by atoms with Crippen LogP contribution >= 0.6 is 0 Å². The lowest BCUT2D eigenvalue weighted by atomic mass is 9.98. The van der Waals surface area contributed by atoms with E-state index in [1.165, 1.54) is 5.56 Å². The van der Waals surface area contributed by atoms with E-state index in [4.69, 9.17) is 4.74 Å². The maximum atomic E-state index is 12.5. The summed E-state index contributed by atoms with van der Waals surface area (Å²) in [6.45, 7) is 9.55.